The third kappa shape index (κ3) is 5.57. The quantitative estimate of drug-likeness (QED) is 0.220. The van der Waals surface area contributed by atoms with Gasteiger partial charge in [-0.1, -0.05) is 55.6 Å². The summed E-state index contributed by atoms with van der Waals surface area (Å²) in [6, 6.07) is 5.34. The van der Waals surface area contributed by atoms with Gasteiger partial charge in [0, 0.05) is 12.8 Å². The van der Waals surface area contributed by atoms with Crippen LogP contribution in [-0.2, 0) is 25.1 Å². The lowest BCUT2D eigenvalue weighted by Crippen LogP contribution is -2.41. The number of aliphatic hydroxyl groups is 1. The number of benzene rings is 1. The maximum absolute atomic E-state index is 11.8. The molecule has 8 nitrogen and oxygen atoms in total. The lowest BCUT2D eigenvalue weighted by molar-refractivity contribution is -0.207. The lowest BCUT2D eigenvalue weighted by atomic mass is 9.94. The van der Waals surface area contributed by atoms with Crippen LogP contribution in [0, 0.1) is 0 Å². The number of hydrogen-bond acceptors (Lipinski definition) is 7. The first-order chi connectivity index (χ1) is 18.6. The Hall–Kier alpha value is -1.27. The van der Waals surface area contributed by atoms with Gasteiger partial charge in [0.15, 0.2) is 20.3 Å². The van der Waals surface area contributed by atoms with Crippen molar-refractivity contribution in [3.63, 3.8) is 0 Å². The number of halogens is 3. The van der Waals surface area contributed by atoms with Crippen molar-refractivity contribution in [3.8, 4) is 0 Å². The predicted molar refractivity (Wildman–Crippen MR) is 159 cm³/mol. The van der Waals surface area contributed by atoms with Crippen LogP contribution in [0.2, 0.25) is 33.3 Å². The molecule has 0 spiro atoms. The fourth-order valence-corrected chi connectivity index (χ4v) is 6.73. The van der Waals surface area contributed by atoms with Gasteiger partial charge in [0.2, 0.25) is 0 Å². The van der Waals surface area contributed by atoms with Gasteiger partial charge in [0.05, 0.1) is 15.4 Å². The second kappa shape index (κ2) is 10.8. The minimum atomic E-state index is -1.96. The van der Waals surface area contributed by atoms with E-state index in [-0.39, 0.29) is 5.04 Å². The van der Waals surface area contributed by atoms with Crippen LogP contribution in [0.5, 0.6) is 0 Å². The van der Waals surface area contributed by atoms with Crippen LogP contribution in [0.1, 0.15) is 58.1 Å². The van der Waals surface area contributed by atoms with E-state index in [4.69, 9.17) is 53.4 Å². The van der Waals surface area contributed by atoms with Crippen molar-refractivity contribution in [2.75, 3.05) is 6.61 Å². The SMILES string of the molecule is CC1(C)O[C@H]2[C@@H](O1)[C@H](n1ccc3c(Cl)ncnc31)O[C@@H]2[C@H](O)c1cc(Cl)c(Cl)cc1CCO[Si](C)(C)C(C)(C)C. The normalized spacial score (nSPS) is 25.5. The van der Waals surface area contributed by atoms with Gasteiger partial charge in [-0.05, 0) is 67.7 Å². The molecule has 3 aromatic rings. The molecule has 0 radical (unpaired) electrons. The molecular weight excluding hydrogens is 593 g/mol. The lowest BCUT2D eigenvalue weighted by Gasteiger charge is -2.36. The maximum Gasteiger partial charge on any atom is 0.191 e. The first-order valence-corrected chi connectivity index (χ1v) is 17.4. The molecule has 0 bridgehead atoms. The molecule has 12 heteroatoms. The molecule has 5 rings (SSSR count). The molecule has 1 N–H and O–H groups in total. The van der Waals surface area contributed by atoms with Crippen LogP contribution in [-0.4, -0.2) is 58.7 Å². The van der Waals surface area contributed by atoms with Gasteiger partial charge in [-0.25, -0.2) is 9.97 Å². The van der Waals surface area contributed by atoms with Crippen molar-refractivity contribution in [2.45, 2.75) is 95.6 Å². The van der Waals surface area contributed by atoms with Crippen LogP contribution in [0.15, 0.2) is 30.7 Å². The van der Waals surface area contributed by atoms with Crippen LogP contribution in [0.25, 0.3) is 11.0 Å². The zero-order chi connectivity index (χ0) is 29.2. The highest BCUT2D eigenvalue weighted by molar-refractivity contribution is 6.74. The number of fused-ring (bicyclic) bond motifs is 2. The van der Waals surface area contributed by atoms with Crippen LogP contribution in [0.3, 0.4) is 0 Å². The summed E-state index contributed by atoms with van der Waals surface area (Å²) in [7, 11) is -1.96. The summed E-state index contributed by atoms with van der Waals surface area (Å²) in [4.78, 5) is 8.49. The Labute approximate surface area is 251 Å². The highest BCUT2D eigenvalue weighted by Gasteiger charge is 2.58. The van der Waals surface area contributed by atoms with E-state index in [1.54, 1.807) is 12.1 Å². The Bertz CT molecular complexity index is 1410. The number of aliphatic hydroxyl groups excluding tert-OH is 1. The molecular formula is C28H36Cl3N3O5Si. The highest BCUT2D eigenvalue weighted by Crippen LogP contribution is 2.48. The van der Waals surface area contributed by atoms with Crippen LogP contribution >= 0.6 is 34.8 Å². The second-order valence-electron chi connectivity index (χ2n) is 12.4. The average Bonchev–Trinajstić information content (AvgIpc) is 3.51. The zero-order valence-electron chi connectivity index (χ0n) is 23.7. The Balaban J connectivity index is 1.46. The summed E-state index contributed by atoms with van der Waals surface area (Å²) in [5.74, 6) is -0.873. The molecule has 40 heavy (non-hydrogen) atoms. The molecule has 4 heterocycles. The van der Waals surface area contributed by atoms with Gasteiger partial charge in [-0.2, -0.15) is 0 Å². The number of rotatable bonds is 7. The summed E-state index contributed by atoms with van der Waals surface area (Å²) in [5, 5.41) is 13.7. The molecule has 2 aliphatic rings. The summed E-state index contributed by atoms with van der Waals surface area (Å²) < 4.78 is 27.4. The van der Waals surface area contributed by atoms with E-state index in [9.17, 15) is 5.11 Å². The monoisotopic (exact) mass is 627 g/mol. The van der Waals surface area contributed by atoms with Gasteiger partial charge < -0.3 is 28.3 Å². The van der Waals surface area contributed by atoms with Gasteiger partial charge in [0.25, 0.3) is 0 Å². The molecule has 0 aliphatic carbocycles. The first kappa shape index (κ1) is 30.2. The van der Waals surface area contributed by atoms with Gasteiger partial charge in [0.1, 0.15) is 41.5 Å². The van der Waals surface area contributed by atoms with Crippen molar-refractivity contribution in [1.82, 2.24) is 14.5 Å². The summed E-state index contributed by atoms with van der Waals surface area (Å²) in [5.41, 5.74) is 2.06. The second-order valence-corrected chi connectivity index (χ2v) is 18.4. The summed E-state index contributed by atoms with van der Waals surface area (Å²) >= 11 is 19.2. The number of hydrogen-bond donors (Lipinski definition) is 1. The summed E-state index contributed by atoms with van der Waals surface area (Å²) in [6.07, 6.45) is 0.269. The van der Waals surface area contributed by atoms with Crippen LogP contribution < -0.4 is 0 Å². The fourth-order valence-electron chi connectivity index (χ4n) is 5.14. The molecule has 0 amide bonds. The Morgan fingerprint density at radius 2 is 1.77 bits per heavy atom. The van der Waals surface area contributed by atoms with E-state index >= 15 is 0 Å². The predicted octanol–water partition coefficient (Wildman–Crippen LogP) is 7.11. The third-order valence-electron chi connectivity index (χ3n) is 8.25. The minimum Gasteiger partial charge on any atom is -0.416 e. The first-order valence-electron chi connectivity index (χ1n) is 13.4. The van der Waals surface area contributed by atoms with Crippen molar-refractivity contribution in [2.24, 2.45) is 0 Å². The smallest absolute Gasteiger partial charge is 0.191 e. The standard InChI is InChI=1S/C28H36Cl3N3O5Si/c1-27(2,3)40(6,7)36-11-9-15-12-18(29)19(30)13-17(15)20(35)21-22-23(39-28(4,5)38-22)26(37-21)34-10-8-16-24(31)32-14-33-25(16)34/h8,10,12-14,20-23,26,35H,9,11H2,1-7H3/t20-,21-,22-,23-,26-/m1/s1. The van der Waals surface area contributed by atoms with Crippen molar-refractivity contribution >= 4 is 54.2 Å². The van der Waals surface area contributed by atoms with Crippen LogP contribution in [0.4, 0.5) is 0 Å². The molecule has 0 saturated carbocycles. The molecule has 5 atom stereocenters. The Kier molecular flexibility index (Phi) is 8.13. The highest BCUT2D eigenvalue weighted by atomic mass is 35.5. The topological polar surface area (TPSA) is 87.9 Å². The molecule has 0 unspecified atom stereocenters. The van der Waals surface area contributed by atoms with E-state index in [0.29, 0.717) is 44.8 Å². The number of nitrogens with zero attached hydrogens (tertiary/aromatic N) is 3. The molecule has 218 valence electrons. The van der Waals surface area contributed by atoms with Crippen molar-refractivity contribution < 1.29 is 23.7 Å². The average molecular weight is 629 g/mol. The molecule has 1 aromatic carbocycles. The van der Waals surface area contributed by atoms with Crippen molar-refractivity contribution in [3.05, 3.63) is 57.0 Å². The van der Waals surface area contributed by atoms with E-state index in [1.165, 1.54) is 6.33 Å². The number of ether oxygens (including phenoxy) is 3. The zero-order valence-corrected chi connectivity index (χ0v) is 27.0. The van der Waals surface area contributed by atoms with Gasteiger partial charge >= 0.3 is 0 Å². The minimum absolute atomic E-state index is 0.0824. The van der Waals surface area contributed by atoms with Gasteiger partial charge in [-0.15, -0.1) is 0 Å². The third-order valence-corrected chi connectivity index (χ3v) is 13.8. The molecule has 2 aliphatic heterocycles. The van der Waals surface area contributed by atoms with E-state index in [1.807, 2.05) is 30.7 Å². The van der Waals surface area contributed by atoms with E-state index in [0.717, 1.165) is 5.56 Å². The fraction of sp³-hybridized carbons (Fsp3) is 0.571. The van der Waals surface area contributed by atoms with E-state index < -0.39 is 44.7 Å². The van der Waals surface area contributed by atoms with Crippen molar-refractivity contribution in [1.29, 1.82) is 0 Å². The van der Waals surface area contributed by atoms with Gasteiger partial charge in [-0.3, -0.25) is 0 Å². The molecule has 2 saturated heterocycles. The largest absolute Gasteiger partial charge is 0.416 e. The number of aromatic nitrogens is 3. The Morgan fingerprint density at radius 3 is 2.48 bits per heavy atom. The molecule has 2 aromatic heterocycles. The maximum atomic E-state index is 11.8. The molecule has 2 fully saturated rings. The Morgan fingerprint density at radius 1 is 1.10 bits per heavy atom. The summed E-state index contributed by atoms with van der Waals surface area (Å²) in [6.45, 7) is 15.2. The van der Waals surface area contributed by atoms with E-state index in [2.05, 4.69) is 43.8 Å².